The van der Waals surface area contributed by atoms with Crippen LogP contribution in [0.1, 0.15) is 24.6 Å². The van der Waals surface area contributed by atoms with Crippen LogP contribution >= 0.6 is 0 Å². The Morgan fingerprint density at radius 1 is 1.07 bits per heavy atom. The molecule has 0 bridgehead atoms. The predicted molar refractivity (Wildman–Crippen MR) is 107 cm³/mol. The summed E-state index contributed by atoms with van der Waals surface area (Å²) in [6.07, 6.45) is 2.03. The SMILES string of the molecule is Cn1c(C2CCCN(C(=O)Cn3nnc4ccccc43)C2)nc2ccccc21. The number of carbonyl (C=O) groups excluding carboxylic acids is 1. The van der Waals surface area contributed by atoms with Crippen molar-refractivity contribution in [3.63, 3.8) is 0 Å². The Kier molecular flexibility index (Phi) is 4.07. The number of hydrogen-bond acceptors (Lipinski definition) is 4. The third-order valence-corrected chi connectivity index (χ3v) is 5.67. The number of imidazole rings is 1. The highest BCUT2D eigenvalue weighted by molar-refractivity contribution is 5.80. The molecule has 1 fully saturated rings. The van der Waals surface area contributed by atoms with Gasteiger partial charge in [0.15, 0.2) is 0 Å². The van der Waals surface area contributed by atoms with Crippen molar-refractivity contribution in [1.29, 1.82) is 0 Å². The fourth-order valence-electron chi connectivity index (χ4n) is 4.21. The van der Waals surface area contributed by atoms with Crippen molar-refractivity contribution in [2.75, 3.05) is 13.1 Å². The van der Waals surface area contributed by atoms with Gasteiger partial charge in [-0.1, -0.05) is 29.5 Å². The lowest BCUT2D eigenvalue weighted by molar-refractivity contribution is -0.133. The summed E-state index contributed by atoms with van der Waals surface area (Å²) in [6.45, 7) is 1.70. The lowest BCUT2D eigenvalue weighted by Crippen LogP contribution is -2.41. The Balaban J connectivity index is 1.36. The number of benzene rings is 2. The predicted octanol–water partition coefficient (Wildman–Crippen LogP) is 2.72. The monoisotopic (exact) mass is 374 g/mol. The summed E-state index contributed by atoms with van der Waals surface area (Å²) in [4.78, 5) is 19.7. The highest BCUT2D eigenvalue weighted by Gasteiger charge is 2.28. The van der Waals surface area contributed by atoms with E-state index in [2.05, 4.69) is 28.0 Å². The first-order valence-corrected chi connectivity index (χ1v) is 9.68. The first-order valence-electron chi connectivity index (χ1n) is 9.68. The first kappa shape index (κ1) is 16.9. The van der Waals surface area contributed by atoms with Gasteiger partial charge in [0.2, 0.25) is 5.91 Å². The molecule has 1 aliphatic rings. The highest BCUT2D eigenvalue weighted by atomic mass is 16.2. The fourth-order valence-corrected chi connectivity index (χ4v) is 4.21. The third kappa shape index (κ3) is 2.83. The Morgan fingerprint density at radius 2 is 1.82 bits per heavy atom. The Hall–Kier alpha value is -3.22. The maximum Gasteiger partial charge on any atom is 0.244 e. The molecular formula is C21H22N6O. The number of aryl methyl sites for hydroxylation is 1. The zero-order valence-corrected chi connectivity index (χ0v) is 15.8. The lowest BCUT2D eigenvalue weighted by atomic mass is 9.97. The molecule has 142 valence electrons. The maximum atomic E-state index is 13.0. The minimum absolute atomic E-state index is 0.0825. The zero-order valence-electron chi connectivity index (χ0n) is 15.8. The summed E-state index contributed by atoms with van der Waals surface area (Å²) in [5.41, 5.74) is 3.85. The molecule has 0 N–H and O–H groups in total. The molecule has 1 atom stereocenters. The van der Waals surface area contributed by atoms with Gasteiger partial charge >= 0.3 is 0 Å². The van der Waals surface area contributed by atoms with E-state index in [1.165, 1.54) is 0 Å². The van der Waals surface area contributed by atoms with Crippen LogP contribution in [0.25, 0.3) is 22.1 Å². The number of nitrogens with zero attached hydrogens (tertiary/aromatic N) is 6. The van der Waals surface area contributed by atoms with Crippen LogP contribution in [-0.4, -0.2) is 48.4 Å². The van der Waals surface area contributed by atoms with Crippen molar-refractivity contribution in [2.45, 2.75) is 25.3 Å². The molecule has 1 saturated heterocycles. The topological polar surface area (TPSA) is 68.8 Å². The lowest BCUT2D eigenvalue weighted by Gasteiger charge is -2.32. The van der Waals surface area contributed by atoms with E-state index in [0.29, 0.717) is 6.54 Å². The van der Waals surface area contributed by atoms with Gasteiger partial charge in [-0.2, -0.15) is 0 Å². The highest BCUT2D eigenvalue weighted by Crippen LogP contribution is 2.28. The largest absolute Gasteiger partial charge is 0.340 e. The van der Waals surface area contributed by atoms with E-state index < -0.39 is 0 Å². The van der Waals surface area contributed by atoms with Gasteiger partial charge in [-0.3, -0.25) is 4.79 Å². The molecule has 0 spiro atoms. The summed E-state index contributed by atoms with van der Waals surface area (Å²) >= 11 is 0. The molecule has 1 unspecified atom stereocenters. The van der Waals surface area contributed by atoms with Crippen molar-refractivity contribution >= 4 is 28.0 Å². The van der Waals surface area contributed by atoms with Crippen molar-refractivity contribution in [3.8, 4) is 0 Å². The summed E-state index contributed by atoms with van der Waals surface area (Å²) in [7, 11) is 2.06. The Morgan fingerprint density at radius 3 is 2.64 bits per heavy atom. The maximum absolute atomic E-state index is 13.0. The molecule has 2 aromatic heterocycles. The average Bonchev–Trinajstić information content (AvgIpc) is 3.30. The molecule has 0 radical (unpaired) electrons. The summed E-state index contributed by atoms with van der Waals surface area (Å²) in [5.74, 6) is 1.40. The van der Waals surface area contributed by atoms with Crippen LogP contribution in [0, 0.1) is 0 Å². The minimum atomic E-state index is 0.0825. The number of rotatable bonds is 3. The minimum Gasteiger partial charge on any atom is -0.340 e. The molecule has 5 rings (SSSR count). The van der Waals surface area contributed by atoms with Crippen LogP contribution in [0.2, 0.25) is 0 Å². The van der Waals surface area contributed by atoms with Crippen molar-refractivity contribution in [3.05, 3.63) is 54.4 Å². The summed E-state index contributed by atoms with van der Waals surface area (Å²) < 4.78 is 3.86. The second-order valence-electron chi connectivity index (χ2n) is 7.43. The number of para-hydroxylation sites is 3. The summed E-state index contributed by atoms with van der Waals surface area (Å²) in [6, 6.07) is 15.9. The van der Waals surface area contributed by atoms with Gasteiger partial charge < -0.3 is 9.47 Å². The van der Waals surface area contributed by atoms with Gasteiger partial charge in [-0.25, -0.2) is 9.67 Å². The summed E-state index contributed by atoms with van der Waals surface area (Å²) in [5, 5.41) is 8.30. The molecule has 7 nitrogen and oxygen atoms in total. The number of carbonyl (C=O) groups is 1. The Labute approximate surface area is 162 Å². The fraction of sp³-hybridized carbons (Fsp3) is 0.333. The number of hydrogen-bond donors (Lipinski definition) is 0. The van der Waals surface area contributed by atoms with Gasteiger partial charge in [0, 0.05) is 26.1 Å². The molecule has 7 heteroatoms. The van der Waals surface area contributed by atoms with Gasteiger partial charge in [0.05, 0.1) is 16.6 Å². The van der Waals surface area contributed by atoms with Crippen LogP contribution < -0.4 is 0 Å². The van der Waals surface area contributed by atoms with Gasteiger partial charge in [-0.15, -0.1) is 5.10 Å². The van der Waals surface area contributed by atoms with Crippen LogP contribution in [0.5, 0.6) is 0 Å². The van der Waals surface area contributed by atoms with Gasteiger partial charge in [0.25, 0.3) is 0 Å². The van der Waals surface area contributed by atoms with Gasteiger partial charge in [-0.05, 0) is 37.1 Å². The van der Waals surface area contributed by atoms with Crippen molar-refractivity contribution in [1.82, 2.24) is 29.4 Å². The number of piperidine rings is 1. The zero-order chi connectivity index (χ0) is 19.1. The van der Waals surface area contributed by atoms with E-state index >= 15 is 0 Å². The molecule has 1 aliphatic heterocycles. The smallest absolute Gasteiger partial charge is 0.244 e. The second-order valence-corrected chi connectivity index (χ2v) is 7.43. The van der Waals surface area contributed by atoms with Crippen molar-refractivity contribution < 1.29 is 4.79 Å². The average molecular weight is 374 g/mol. The van der Waals surface area contributed by atoms with E-state index in [1.807, 2.05) is 47.4 Å². The number of amides is 1. The molecule has 4 aromatic rings. The number of fused-ring (bicyclic) bond motifs is 2. The molecule has 1 amide bonds. The van der Waals surface area contributed by atoms with E-state index in [9.17, 15) is 4.79 Å². The Bertz CT molecular complexity index is 1160. The molecule has 3 heterocycles. The van der Waals surface area contributed by atoms with Gasteiger partial charge in [0.1, 0.15) is 17.9 Å². The molecule has 0 saturated carbocycles. The quantitative estimate of drug-likeness (QED) is 0.553. The van der Waals surface area contributed by atoms with Crippen LogP contribution in [0.4, 0.5) is 0 Å². The van der Waals surface area contributed by atoms with Crippen LogP contribution in [0.3, 0.4) is 0 Å². The molecule has 0 aliphatic carbocycles. The number of aromatic nitrogens is 5. The standard InChI is InChI=1S/C21H22N6O/c1-25-18-10-4-2-8-16(18)22-21(25)15-7-6-12-26(13-15)20(28)14-27-19-11-5-3-9-17(19)23-24-27/h2-5,8-11,15H,6-7,12-14H2,1H3. The van der Waals surface area contributed by atoms with E-state index in [1.54, 1.807) is 4.68 Å². The molecule has 2 aromatic carbocycles. The first-order chi connectivity index (χ1) is 13.7. The number of likely N-dealkylation sites (tertiary alicyclic amines) is 1. The van der Waals surface area contributed by atoms with Crippen molar-refractivity contribution in [2.24, 2.45) is 7.05 Å². The van der Waals surface area contributed by atoms with Crippen LogP contribution in [-0.2, 0) is 18.4 Å². The molecule has 28 heavy (non-hydrogen) atoms. The second kappa shape index (κ2) is 6.74. The van der Waals surface area contributed by atoms with Crippen LogP contribution in [0.15, 0.2) is 48.5 Å². The third-order valence-electron chi connectivity index (χ3n) is 5.67. The van der Waals surface area contributed by atoms with E-state index in [4.69, 9.17) is 4.98 Å². The van der Waals surface area contributed by atoms with E-state index in [0.717, 1.165) is 47.3 Å². The molecular weight excluding hydrogens is 352 g/mol. The normalized spacial score (nSPS) is 17.5. The van der Waals surface area contributed by atoms with E-state index in [-0.39, 0.29) is 18.4 Å².